The van der Waals surface area contributed by atoms with Gasteiger partial charge in [0.2, 0.25) is 0 Å². The van der Waals surface area contributed by atoms with Crippen LogP contribution in [0.15, 0.2) is 42.9 Å². The topological polar surface area (TPSA) is 35.6 Å². The second-order valence-electron chi connectivity index (χ2n) is 6.09. The lowest BCUT2D eigenvalue weighted by atomic mass is 10.0. The maximum Gasteiger partial charge on any atom is 0.0952 e. The molecule has 0 aliphatic heterocycles. The van der Waals surface area contributed by atoms with Crippen molar-refractivity contribution in [2.24, 2.45) is 0 Å². The lowest BCUT2D eigenvalue weighted by Gasteiger charge is -2.05. The molecule has 0 saturated carbocycles. The van der Waals surface area contributed by atoms with Gasteiger partial charge in [0.15, 0.2) is 0 Å². The third-order valence-corrected chi connectivity index (χ3v) is 4.47. The van der Waals surface area contributed by atoms with E-state index in [9.17, 15) is 0 Å². The molecule has 0 spiro atoms. The molecule has 1 aromatic carbocycles. The van der Waals surface area contributed by atoms with Gasteiger partial charge in [-0.15, -0.1) is 0 Å². The first-order valence-corrected chi connectivity index (χ1v) is 8.87. The molecule has 4 nitrogen and oxygen atoms in total. The number of aryl methyl sites for hydroxylation is 2. The van der Waals surface area contributed by atoms with E-state index < -0.39 is 0 Å². The SMILES string of the molecule is CCc1nn(CC)c(CC)c1Cc1cn(Cc2ccccc2)cn1. The van der Waals surface area contributed by atoms with Crippen LogP contribution >= 0.6 is 0 Å². The molecule has 24 heavy (non-hydrogen) atoms. The highest BCUT2D eigenvalue weighted by atomic mass is 15.3. The Morgan fingerprint density at radius 1 is 1.00 bits per heavy atom. The number of hydrogen-bond donors (Lipinski definition) is 0. The van der Waals surface area contributed by atoms with Crippen LogP contribution in [0.2, 0.25) is 0 Å². The average molecular weight is 322 g/mol. The summed E-state index contributed by atoms with van der Waals surface area (Å²) in [6.45, 7) is 8.34. The van der Waals surface area contributed by atoms with Crippen LogP contribution in [0.3, 0.4) is 0 Å². The van der Waals surface area contributed by atoms with E-state index in [4.69, 9.17) is 5.10 Å². The summed E-state index contributed by atoms with van der Waals surface area (Å²) in [6.07, 6.45) is 6.95. The molecule has 0 radical (unpaired) electrons. The lowest BCUT2D eigenvalue weighted by molar-refractivity contribution is 0.617. The normalized spacial score (nSPS) is 11.1. The van der Waals surface area contributed by atoms with Crippen LogP contribution in [0.4, 0.5) is 0 Å². The zero-order chi connectivity index (χ0) is 16.9. The summed E-state index contributed by atoms with van der Waals surface area (Å²) in [5, 5.41) is 4.77. The summed E-state index contributed by atoms with van der Waals surface area (Å²) in [4.78, 5) is 4.62. The van der Waals surface area contributed by atoms with Crippen LogP contribution < -0.4 is 0 Å². The molecule has 4 heteroatoms. The number of aromatic nitrogens is 4. The molecule has 2 aromatic heterocycles. The fourth-order valence-electron chi connectivity index (χ4n) is 3.29. The number of benzene rings is 1. The second kappa shape index (κ2) is 7.47. The van der Waals surface area contributed by atoms with Gasteiger partial charge in [-0.05, 0) is 25.3 Å². The zero-order valence-electron chi connectivity index (χ0n) is 14.9. The van der Waals surface area contributed by atoms with E-state index in [1.807, 2.05) is 12.4 Å². The number of hydrogen-bond acceptors (Lipinski definition) is 2. The smallest absolute Gasteiger partial charge is 0.0952 e. The molecular weight excluding hydrogens is 296 g/mol. The number of rotatable bonds is 7. The Labute approximate surface area is 144 Å². The van der Waals surface area contributed by atoms with E-state index in [1.54, 1.807) is 0 Å². The molecule has 126 valence electrons. The highest BCUT2D eigenvalue weighted by Crippen LogP contribution is 2.20. The highest BCUT2D eigenvalue weighted by molar-refractivity contribution is 5.31. The van der Waals surface area contributed by atoms with Gasteiger partial charge < -0.3 is 4.57 Å². The first-order chi connectivity index (χ1) is 11.7. The Balaban J connectivity index is 1.81. The zero-order valence-corrected chi connectivity index (χ0v) is 14.9. The summed E-state index contributed by atoms with van der Waals surface area (Å²) in [7, 11) is 0. The van der Waals surface area contributed by atoms with Gasteiger partial charge in [0.25, 0.3) is 0 Å². The molecule has 0 aliphatic carbocycles. The van der Waals surface area contributed by atoms with Crippen LogP contribution in [-0.4, -0.2) is 19.3 Å². The van der Waals surface area contributed by atoms with Gasteiger partial charge in [-0.25, -0.2) is 4.98 Å². The first kappa shape index (κ1) is 16.5. The molecule has 0 saturated heterocycles. The third kappa shape index (κ3) is 3.42. The Hall–Kier alpha value is -2.36. The van der Waals surface area contributed by atoms with E-state index in [2.05, 4.69) is 65.5 Å². The molecule has 0 fully saturated rings. The molecule has 0 unspecified atom stereocenters. The average Bonchev–Trinajstić information content (AvgIpc) is 3.19. The van der Waals surface area contributed by atoms with Crippen LogP contribution in [0.5, 0.6) is 0 Å². The fraction of sp³-hybridized carbons (Fsp3) is 0.400. The quantitative estimate of drug-likeness (QED) is 0.662. The standard InChI is InChI=1S/C20H26N4/c1-4-19-18(20(5-2)24(6-3)22-19)12-17-14-23(15-21-17)13-16-10-8-7-9-11-16/h7-11,14-15H,4-6,12-13H2,1-3H3. The van der Waals surface area contributed by atoms with E-state index >= 15 is 0 Å². The van der Waals surface area contributed by atoms with Gasteiger partial charge in [-0.1, -0.05) is 44.2 Å². The molecule has 2 heterocycles. The molecule has 3 aromatic rings. The maximum atomic E-state index is 4.77. The predicted molar refractivity (Wildman–Crippen MR) is 97.2 cm³/mol. The molecular formula is C20H26N4. The Morgan fingerprint density at radius 3 is 2.46 bits per heavy atom. The van der Waals surface area contributed by atoms with Gasteiger partial charge in [-0.2, -0.15) is 5.10 Å². The highest BCUT2D eigenvalue weighted by Gasteiger charge is 2.16. The summed E-state index contributed by atoms with van der Waals surface area (Å²) in [6, 6.07) is 10.5. The van der Waals surface area contributed by atoms with Crippen molar-refractivity contribution in [2.75, 3.05) is 0 Å². The minimum Gasteiger partial charge on any atom is -0.333 e. The van der Waals surface area contributed by atoms with Crippen LogP contribution in [0.25, 0.3) is 0 Å². The van der Waals surface area contributed by atoms with E-state index in [0.717, 1.165) is 38.0 Å². The van der Waals surface area contributed by atoms with Crippen molar-refractivity contribution in [1.82, 2.24) is 19.3 Å². The molecule has 3 rings (SSSR count). The van der Waals surface area contributed by atoms with E-state index in [1.165, 1.54) is 22.5 Å². The largest absolute Gasteiger partial charge is 0.333 e. The maximum absolute atomic E-state index is 4.77. The minimum absolute atomic E-state index is 0.864. The van der Waals surface area contributed by atoms with E-state index in [-0.39, 0.29) is 0 Å². The second-order valence-corrected chi connectivity index (χ2v) is 6.09. The Kier molecular flexibility index (Phi) is 5.14. The molecule has 0 atom stereocenters. The van der Waals surface area contributed by atoms with Crippen LogP contribution in [0, 0.1) is 0 Å². The van der Waals surface area contributed by atoms with Crippen molar-refractivity contribution in [2.45, 2.75) is 53.1 Å². The van der Waals surface area contributed by atoms with Gasteiger partial charge in [0, 0.05) is 37.0 Å². The summed E-state index contributed by atoms with van der Waals surface area (Å²) in [5.41, 5.74) is 6.35. The molecule has 0 bridgehead atoms. The third-order valence-electron chi connectivity index (χ3n) is 4.47. The van der Waals surface area contributed by atoms with Crippen molar-refractivity contribution in [1.29, 1.82) is 0 Å². The van der Waals surface area contributed by atoms with Gasteiger partial charge in [-0.3, -0.25) is 4.68 Å². The summed E-state index contributed by atoms with van der Waals surface area (Å²) >= 11 is 0. The predicted octanol–water partition coefficient (Wildman–Crippen LogP) is 3.86. The van der Waals surface area contributed by atoms with Crippen molar-refractivity contribution in [3.8, 4) is 0 Å². The molecule has 0 N–H and O–H groups in total. The van der Waals surface area contributed by atoms with Crippen molar-refractivity contribution in [3.05, 3.63) is 71.1 Å². The van der Waals surface area contributed by atoms with Crippen molar-refractivity contribution >= 4 is 0 Å². The molecule has 0 aliphatic rings. The number of imidazole rings is 1. The van der Waals surface area contributed by atoms with Gasteiger partial charge in [0.1, 0.15) is 0 Å². The lowest BCUT2D eigenvalue weighted by Crippen LogP contribution is -2.03. The monoisotopic (exact) mass is 322 g/mol. The summed E-state index contributed by atoms with van der Waals surface area (Å²) in [5.74, 6) is 0. The molecule has 0 amide bonds. The van der Waals surface area contributed by atoms with Crippen LogP contribution in [0.1, 0.15) is 49.0 Å². The fourth-order valence-corrected chi connectivity index (χ4v) is 3.29. The van der Waals surface area contributed by atoms with Crippen molar-refractivity contribution < 1.29 is 0 Å². The number of nitrogens with zero attached hydrogens (tertiary/aromatic N) is 4. The van der Waals surface area contributed by atoms with Gasteiger partial charge >= 0.3 is 0 Å². The van der Waals surface area contributed by atoms with Crippen molar-refractivity contribution in [3.63, 3.8) is 0 Å². The minimum atomic E-state index is 0.864. The van der Waals surface area contributed by atoms with Crippen LogP contribution in [-0.2, 0) is 32.4 Å². The Bertz CT molecular complexity index is 783. The first-order valence-electron chi connectivity index (χ1n) is 8.87. The van der Waals surface area contributed by atoms with Gasteiger partial charge in [0.05, 0.1) is 17.7 Å². The Morgan fingerprint density at radius 2 is 1.79 bits per heavy atom. The summed E-state index contributed by atoms with van der Waals surface area (Å²) < 4.78 is 4.31. The van der Waals surface area contributed by atoms with E-state index in [0.29, 0.717) is 0 Å².